The number of halogens is 1. The molecule has 0 radical (unpaired) electrons. The van der Waals surface area contributed by atoms with Crippen molar-refractivity contribution in [1.82, 2.24) is 10.3 Å². The Morgan fingerprint density at radius 1 is 1.53 bits per heavy atom. The van der Waals surface area contributed by atoms with Gasteiger partial charge in [-0.25, -0.2) is 4.79 Å². The number of aromatic amines is 1. The number of hydrogen-bond donors (Lipinski definition) is 2. The molecule has 2 N–H and O–H groups in total. The first-order valence-corrected chi connectivity index (χ1v) is 7.26. The summed E-state index contributed by atoms with van der Waals surface area (Å²) < 4.78 is 5.10. The average Bonchev–Trinajstić information content (AvgIpc) is 2.24. The van der Waals surface area contributed by atoms with Gasteiger partial charge in [0.15, 0.2) is 0 Å². The maximum atomic E-state index is 11.8. The Morgan fingerprint density at radius 2 is 2.16 bits per heavy atom. The number of carbonyl (C=O) groups excluding carboxylic acids is 1. The third-order valence-corrected chi connectivity index (χ3v) is 3.10. The number of carbonyl (C=O) groups is 1. The van der Waals surface area contributed by atoms with Crippen molar-refractivity contribution in [2.24, 2.45) is 0 Å². The summed E-state index contributed by atoms with van der Waals surface area (Å²) in [5.41, 5.74) is -0.422. The van der Waals surface area contributed by atoms with Crippen molar-refractivity contribution in [1.29, 1.82) is 0 Å². The van der Waals surface area contributed by atoms with Crippen molar-refractivity contribution in [2.45, 2.75) is 37.8 Å². The molecule has 0 atom stereocenters. The quantitative estimate of drug-likeness (QED) is 0.665. The molecule has 19 heavy (non-hydrogen) atoms. The Kier molecular flexibility index (Phi) is 5.31. The third-order valence-electron chi connectivity index (χ3n) is 2.09. The Balaban J connectivity index is 2.78. The fourth-order valence-electron chi connectivity index (χ4n) is 1.36. The van der Waals surface area contributed by atoms with Gasteiger partial charge in [0.05, 0.1) is 12.1 Å². The van der Waals surface area contributed by atoms with Gasteiger partial charge in [-0.3, -0.25) is 4.79 Å². The van der Waals surface area contributed by atoms with E-state index in [-0.39, 0.29) is 17.3 Å². The highest BCUT2D eigenvalue weighted by Crippen LogP contribution is 2.20. The van der Waals surface area contributed by atoms with E-state index >= 15 is 0 Å². The third kappa shape index (κ3) is 5.16. The van der Waals surface area contributed by atoms with Gasteiger partial charge < -0.3 is 15.0 Å². The maximum Gasteiger partial charge on any atom is 0.407 e. The summed E-state index contributed by atoms with van der Waals surface area (Å²) in [5.74, 6) is 0. The zero-order valence-corrected chi connectivity index (χ0v) is 12.9. The van der Waals surface area contributed by atoms with Crippen LogP contribution in [0, 0.1) is 0 Å². The van der Waals surface area contributed by atoms with E-state index in [1.807, 2.05) is 6.26 Å². The molecule has 0 saturated carbocycles. The molecule has 0 aliphatic carbocycles. The standard InChI is InChI=1S/C12H17ClN2O3S/c1-12(2,3)18-11(17)14-6-7-8(19-4)5-9(13)15-10(7)16/h5H,6H2,1-4H3,(H,14,17)(H,15,16). The highest BCUT2D eigenvalue weighted by atomic mass is 35.5. The molecule has 0 aliphatic rings. The minimum Gasteiger partial charge on any atom is -0.444 e. The van der Waals surface area contributed by atoms with Crippen LogP contribution >= 0.6 is 23.4 Å². The van der Waals surface area contributed by atoms with Crippen molar-refractivity contribution in [3.8, 4) is 0 Å². The van der Waals surface area contributed by atoms with Crippen LogP contribution in [-0.4, -0.2) is 22.9 Å². The fraction of sp³-hybridized carbons (Fsp3) is 0.500. The van der Waals surface area contributed by atoms with E-state index in [4.69, 9.17) is 16.3 Å². The lowest BCUT2D eigenvalue weighted by molar-refractivity contribution is 0.0523. The van der Waals surface area contributed by atoms with Crippen LogP contribution in [0.15, 0.2) is 15.8 Å². The van der Waals surface area contributed by atoms with E-state index < -0.39 is 11.7 Å². The Hall–Kier alpha value is -1.14. The zero-order valence-electron chi connectivity index (χ0n) is 11.3. The van der Waals surface area contributed by atoms with Gasteiger partial charge in [0.1, 0.15) is 10.8 Å². The lowest BCUT2D eigenvalue weighted by atomic mass is 10.2. The number of aromatic nitrogens is 1. The van der Waals surface area contributed by atoms with Crippen LogP contribution in [0.3, 0.4) is 0 Å². The molecule has 0 spiro atoms. The second-order valence-corrected chi connectivity index (χ2v) is 6.10. The Morgan fingerprint density at radius 3 is 2.68 bits per heavy atom. The van der Waals surface area contributed by atoms with Crippen molar-refractivity contribution < 1.29 is 9.53 Å². The highest BCUT2D eigenvalue weighted by Gasteiger charge is 2.17. The van der Waals surface area contributed by atoms with Crippen LogP contribution in [0.5, 0.6) is 0 Å². The van der Waals surface area contributed by atoms with Gasteiger partial charge in [-0.2, -0.15) is 0 Å². The predicted molar refractivity (Wildman–Crippen MR) is 76.9 cm³/mol. The molecule has 7 heteroatoms. The van der Waals surface area contributed by atoms with Crippen LogP contribution in [0.2, 0.25) is 5.15 Å². The molecule has 1 aromatic rings. The number of rotatable bonds is 3. The van der Waals surface area contributed by atoms with E-state index in [0.717, 1.165) is 4.90 Å². The maximum absolute atomic E-state index is 11.8. The number of H-pyrrole nitrogens is 1. The van der Waals surface area contributed by atoms with E-state index in [2.05, 4.69) is 10.3 Å². The molecule has 0 fully saturated rings. The van der Waals surface area contributed by atoms with Crippen molar-refractivity contribution in [3.05, 3.63) is 27.1 Å². The van der Waals surface area contributed by atoms with Crippen LogP contribution in [0.4, 0.5) is 4.79 Å². The van der Waals surface area contributed by atoms with E-state index in [9.17, 15) is 9.59 Å². The summed E-state index contributed by atoms with van der Waals surface area (Å²) >= 11 is 7.16. The molecule has 106 valence electrons. The van der Waals surface area contributed by atoms with Gasteiger partial charge in [0.25, 0.3) is 5.56 Å². The lowest BCUT2D eigenvalue weighted by Crippen LogP contribution is -2.33. The number of amides is 1. The molecule has 1 heterocycles. The number of hydrogen-bond acceptors (Lipinski definition) is 4. The normalized spacial score (nSPS) is 11.2. The SMILES string of the molecule is CSc1cc(Cl)[nH]c(=O)c1CNC(=O)OC(C)(C)C. The number of nitrogens with one attached hydrogen (secondary N) is 2. The second-order valence-electron chi connectivity index (χ2n) is 4.85. The minimum atomic E-state index is -0.571. The van der Waals surface area contributed by atoms with Crippen molar-refractivity contribution >= 4 is 29.5 Å². The minimum absolute atomic E-state index is 0.0948. The van der Waals surface area contributed by atoms with Gasteiger partial charge in [-0.15, -0.1) is 11.8 Å². The first kappa shape index (κ1) is 15.9. The molecule has 1 rings (SSSR count). The average molecular weight is 305 g/mol. The fourth-order valence-corrected chi connectivity index (χ4v) is 2.26. The van der Waals surface area contributed by atoms with E-state index in [0.29, 0.717) is 5.56 Å². The topological polar surface area (TPSA) is 71.2 Å². The summed E-state index contributed by atoms with van der Waals surface area (Å²) in [6.07, 6.45) is 1.27. The summed E-state index contributed by atoms with van der Waals surface area (Å²) in [7, 11) is 0. The van der Waals surface area contributed by atoms with Gasteiger partial charge in [0.2, 0.25) is 0 Å². The smallest absolute Gasteiger partial charge is 0.407 e. The summed E-state index contributed by atoms with van der Waals surface area (Å²) in [6, 6.07) is 1.65. The van der Waals surface area contributed by atoms with Gasteiger partial charge in [-0.05, 0) is 33.1 Å². The number of pyridine rings is 1. The Bertz CT molecular complexity index is 523. The summed E-state index contributed by atoms with van der Waals surface area (Å²) in [6.45, 7) is 5.41. The van der Waals surface area contributed by atoms with Gasteiger partial charge >= 0.3 is 6.09 Å². The Labute approximate surface area is 121 Å². The lowest BCUT2D eigenvalue weighted by Gasteiger charge is -2.19. The molecule has 5 nitrogen and oxygen atoms in total. The van der Waals surface area contributed by atoms with Crippen LogP contribution in [0.1, 0.15) is 26.3 Å². The second kappa shape index (κ2) is 6.34. The van der Waals surface area contributed by atoms with Crippen molar-refractivity contribution in [2.75, 3.05) is 6.26 Å². The molecule has 0 bridgehead atoms. The largest absolute Gasteiger partial charge is 0.444 e. The van der Waals surface area contributed by atoms with E-state index in [1.165, 1.54) is 11.8 Å². The van der Waals surface area contributed by atoms with Gasteiger partial charge in [0, 0.05) is 4.90 Å². The first-order valence-electron chi connectivity index (χ1n) is 5.65. The summed E-state index contributed by atoms with van der Waals surface area (Å²) in [4.78, 5) is 26.5. The van der Waals surface area contributed by atoms with Crippen LogP contribution in [0.25, 0.3) is 0 Å². The molecule has 1 aromatic heterocycles. The van der Waals surface area contributed by atoms with Gasteiger partial charge in [-0.1, -0.05) is 11.6 Å². The number of thioether (sulfide) groups is 1. The number of ether oxygens (including phenoxy) is 1. The molecule has 1 amide bonds. The molecule has 0 aliphatic heterocycles. The van der Waals surface area contributed by atoms with Crippen LogP contribution < -0.4 is 10.9 Å². The molecular weight excluding hydrogens is 288 g/mol. The van der Waals surface area contributed by atoms with Crippen LogP contribution in [-0.2, 0) is 11.3 Å². The first-order chi connectivity index (χ1) is 8.73. The monoisotopic (exact) mass is 304 g/mol. The zero-order chi connectivity index (χ0) is 14.6. The van der Waals surface area contributed by atoms with Crippen molar-refractivity contribution in [3.63, 3.8) is 0 Å². The molecule has 0 aromatic carbocycles. The highest BCUT2D eigenvalue weighted by molar-refractivity contribution is 7.98. The van der Waals surface area contributed by atoms with E-state index in [1.54, 1.807) is 26.8 Å². The molecule has 0 saturated heterocycles. The molecular formula is C12H17ClN2O3S. The number of alkyl carbamates (subject to hydrolysis) is 1. The predicted octanol–water partition coefficient (Wildman–Crippen LogP) is 2.77. The molecule has 0 unspecified atom stereocenters. The summed E-state index contributed by atoms with van der Waals surface area (Å²) in [5, 5.41) is 2.83.